The van der Waals surface area contributed by atoms with Crippen LogP contribution >= 0.6 is 0 Å². The number of nitrogens with one attached hydrogen (secondary N) is 1. The van der Waals surface area contributed by atoms with Gasteiger partial charge in [0.05, 0.1) is 18.8 Å². The highest BCUT2D eigenvalue weighted by atomic mass is 16.5. The molecule has 0 bridgehead atoms. The molecule has 0 unspecified atom stereocenters. The standard InChI is InChI=1S/C17H25NO4/c1-14-6-2-3-7-15(14)21-12-16(20)18-13-17(22-11-10-19)8-4-5-9-17/h2-3,6-7,19H,4-5,8-13H2,1H3,(H,18,20). The first-order chi connectivity index (χ1) is 10.7. The number of carbonyl (C=O) groups is 1. The van der Waals surface area contributed by atoms with Crippen LogP contribution in [0, 0.1) is 6.92 Å². The highest BCUT2D eigenvalue weighted by Gasteiger charge is 2.35. The van der Waals surface area contributed by atoms with Gasteiger partial charge in [0.1, 0.15) is 5.75 Å². The van der Waals surface area contributed by atoms with Gasteiger partial charge in [0.15, 0.2) is 6.61 Å². The number of ether oxygens (including phenoxy) is 2. The molecule has 22 heavy (non-hydrogen) atoms. The molecule has 1 fully saturated rings. The van der Waals surface area contributed by atoms with Gasteiger partial charge in [-0.05, 0) is 31.4 Å². The van der Waals surface area contributed by atoms with E-state index in [4.69, 9.17) is 14.6 Å². The summed E-state index contributed by atoms with van der Waals surface area (Å²) in [6.07, 6.45) is 4.04. The number of aliphatic hydroxyl groups excluding tert-OH is 1. The molecule has 1 saturated carbocycles. The van der Waals surface area contributed by atoms with E-state index in [1.165, 1.54) is 0 Å². The van der Waals surface area contributed by atoms with Gasteiger partial charge in [-0.3, -0.25) is 4.79 Å². The van der Waals surface area contributed by atoms with Crippen molar-refractivity contribution in [1.82, 2.24) is 5.32 Å². The van der Waals surface area contributed by atoms with Crippen molar-refractivity contribution in [3.05, 3.63) is 29.8 Å². The van der Waals surface area contributed by atoms with Gasteiger partial charge in [-0.25, -0.2) is 0 Å². The van der Waals surface area contributed by atoms with E-state index in [1.807, 2.05) is 31.2 Å². The number of amides is 1. The summed E-state index contributed by atoms with van der Waals surface area (Å²) >= 11 is 0. The van der Waals surface area contributed by atoms with Gasteiger partial charge in [-0.2, -0.15) is 0 Å². The average molecular weight is 307 g/mol. The molecule has 0 aliphatic heterocycles. The Bertz CT molecular complexity index is 483. The van der Waals surface area contributed by atoms with Crippen LogP contribution < -0.4 is 10.1 Å². The zero-order valence-corrected chi connectivity index (χ0v) is 13.1. The first kappa shape index (κ1) is 16.8. The Hall–Kier alpha value is -1.59. The summed E-state index contributed by atoms with van der Waals surface area (Å²) in [4.78, 5) is 12.0. The second kappa shape index (κ2) is 8.15. The lowest BCUT2D eigenvalue weighted by Gasteiger charge is -2.29. The van der Waals surface area contributed by atoms with Gasteiger partial charge in [0.2, 0.25) is 0 Å². The molecule has 1 aromatic carbocycles. The highest BCUT2D eigenvalue weighted by molar-refractivity contribution is 5.77. The fraction of sp³-hybridized carbons (Fsp3) is 0.588. The molecule has 0 radical (unpaired) electrons. The summed E-state index contributed by atoms with van der Waals surface area (Å²) in [7, 11) is 0. The fourth-order valence-electron chi connectivity index (χ4n) is 2.83. The Labute approximate surface area is 131 Å². The second-order valence-corrected chi connectivity index (χ2v) is 5.79. The first-order valence-corrected chi connectivity index (χ1v) is 7.85. The van der Waals surface area contributed by atoms with Gasteiger partial charge in [0, 0.05) is 6.54 Å². The molecule has 0 saturated heterocycles. The molecule has 0 atom stereocenters. The monoisotopic (exact) mass is 307 g/mol. The van der Waals surface area contributed by atoms with E-state index in [-0.39, 0.29) is 24.7 Å². The van der Waals surface area contributed by atoms with Crippen molar-refractivity contribution in [1.29, 1.82) is 0 Å². The predicted molar refractivity (Wildman–Crippen MR) is 83.9 cm³/mol. The number of benzene rings is 1. The number of aryl methyl sites for hydroxylation is 1. The molecule has 0 heterocycles. The summed E-state index contributed by atoms with van der Waals surface area (Å²) in [5.41, 5.74) is 0.690. The van der Waals surface area contributed by atoms with Crippen molar-refractivity contribution in [3.63, 3.8) is 0 Å². The maximum Gasteiger partial charge on any atom is 0.258 e. The molecule has 5 heteroatoms. The average Bonchev–Trinajstić information content (AvgIpc) is 2.99. The predicted octanol–water partition coefficient (Wildman–Crippen LogP) is 1.81. The molecule has 1 aliphatic carbocycles. The third-order valence-electron chi connectivity index (χ3n) is 4.07. The Morgan fingerprint density at radius 3 is 2.73 bits per heavy atom. The Morgan fingerprint density at radius 1 is 1.32 bits per heavy atom. The van der Waals surface area contributed by atoms with E-state index in [0.717, 1.165) is 37.0 Å². The number of hydrogen-bond acceptors (Lipinski definition) is 4. The van der Waals surface area contributed by atoms with Crippen LogP contribution in [0.15, 0.2) is 24.3 Å². The summed E-state index contributed by atoms with van der Waals surface area (Å²) in [5.74, 6) is 0.576. The smallest absolute Gasteiger partial charge is 0.258 e. The maximum absolute atomic E-state index is 12.0. The zero-order valence-electron chi connectivity index (χ0n) is 13.1. The van der Waals surface area contributed by atoms with Gasteiger partial charge in [0.25, 0.3) is 5.91 Å². The quantitative estimate of drug-likeness (QED) is 0.768. The number of rotatable bonds is 8. The number of aliphatic hydroxyl groups is 1. The van der Waals surface area contributed by atoms with Crippen LogP contribution in [0.5, 0.6) is 5.75 Å². The molecular weight excluding hydrogens is 282 g/mol. The van der Waals surface area contributed by atoms with E-state index >= 15 is 0 Å². The summed E-state index contributed by atoms with van der Waals surface area (Å²) in [6.45, 7) is 2.75. The van der Waals surface area contributed by atoms with Crippen LogP contribution in [-0.4, -0.2) is 43.0 Å². The molecule has 2 rings (SSSR count). The van der Waals surface area contributed by atoms with Crippen molar-refractivity contribution in [2.75, 3.05) is 26.4 Å². The lowest BCUT2D eigenvalue weighted by Crippen LogP contribution is -2.44. The molecule has 1 aliphatic rings. The van der Waals surface area contributed by atoms with Crippen LogP contribution in [-0.2, 0) is 9.53 Å². The van der Waals surface area contributed by atoms with Gasteiger partial charge in [-0.15, -0.1) is 0 Å². The van der Waals surface area contributed by atoms with Crippen molar-refractivity contribution in [3.8, 4) is 5.75 Å². The summed E-state index contributed by atoms with van der Waals surface area (Å²) < 4.78 is 11.3. The molecule has 0 aromatic heterocycles. The molecule has 5 nitrogen and oxygen atoms in total. The Morgan fingerprint density at radius 2 is 2.05 bits per heavy atom. The number of para-hydroxylation sites is 1. The number of hydrogen-bond donors (Lipinski definition) is 2. The first-order valence-electron chi connectivity index (χ1n) is 7.85. The van der Waals surface area contributed by atoms with Gasteiger partial charge >= 0.3 is 0 Å². The highest BCUT2D eigenvalue weighted by Crippen LogP contribution is 2.32. The topological polar surface area (TPSA) is 67.8 Å². The third kappa shape index (κ3) is 4.71. The third-order valence-corrected chi connectivity index (χ3v) is 4.07. The SMILES string of the molecule is Cc1ccccc1OCC(=O)NCC1(OCCO)CCCC1. The van der Waals surface area contributed by atoms with E-state index in [2.05, 4.69) is 5.32 Å². The van der Waals surface area contributed by atoms with Crippen LogP contribution in [0.4, 0.5) is 0 Å². The van der Waals surface area contributed by atoms with Crippen LogP contribution in [0.25, 0.3) is 0 Å². The van der Waals surface area contributed by atoms with Crippen molar-refractivity contribution in [2.45, 2.75) is 38.2 Å². The second-order valence-electron chi connectivity index (χ2n) is 5.79. The summed E-state index contributed by atoms with van der Waals surface area (Å²) in [6, 6.07) is 7.62. The van der Waals surface area contributed by atoms with Crippen LogP contribution in [0.3, 0.4) is 0 Å². The van der Waals surface area contributed by atoms with Gasteiger partial charge in [-0.1, -0.05) is 31.0 Å². The summed E-state index contributed by atoms with van der Waals surface area (Å²) in [5, 5.41) is 11.8. The van der Waals surface area contributed by atoms with E-state index < -0.39 is 0 Å². The lowest BCUT2D eigenvalue weighted by molar-refractivity contribution is -0.125. The van der Waals surface area contributed by atoms with Crippen molar-refractivity contribution in [2.24, 2.45) is 0 Å². The Balaban J connectivity index is 1.78. The van der Waals surface area contributed by atoms with Crippen molar-refractivity contribution < 1.29 is 19.4 Å². The minimum atomic E-state index is -0.318. The molecular formula is C17H25NO4. The minimum Gasteiger partial charge on any atom is -0.484 e. The van der Waals surface area contributed by atoms with E-state index in [0.29, 0.717) is 13.2 Å². The Kier molecular flexibility index (Phi) is 6.21. The largest absolute Gasteiger partial charge is 0.484 e. The lowest BCUT2D eigenvalue weighted by atomic mass is 10.0. The maximum atomic E-state index is 12.0. The molecule has 1 amide bonds. The number of carbonyl (C=O) groups excluding carboxylic acids is 1. The zero-order chi connectivity index (χ0) is 15.8. The molecule has 2 N–H and O–H groups in total. The minimum absolute atomic E-state index is 0.000926. The van der Waals surface area contributed by atoms with Crippen LogP contribution in [0.2, 0.25) is 0 Å². The normalized spacial score (nSPS) is 16.5. The van der Waals surface area contributed by atoms with E-state index in [9.17, 15) is 4.79 Å². The van der Waals surface area contributed by atoms with Gasteiger partial charge < -0.3 is 19.9 Å². The van der Waals surface area contributed by atoms with Crippen LogP contribution in [0.1, 0.15) is 31.2 Å². The van der Waals surface area contributed by atoms with Crippen molar-refractivity contribution >= 4 is 5.91 Å². The van der Waals surface area contributed by atoms with E-state index in [1.54, 1.807) is 0 Å². The molecule has 1 aromatic rings. The molecule has 0 spiro atoms. The fourth-order valence-corrected chi connectivity index (χ4v) is 2.83. The molecule has 122 valence electrons.